The number of anilines is 4. The van der Waals surface area contributed by atoms with Gasteiger partial charge in [0, 0.05) is 22.7 Å². The zero-order valence-electron chi connectivity index (χ0n) is 18.0. The summed E-state index contributed by atoms with van der Waals surface area (Å²) in [7, 11) is -3.17. The summed E-state index contributed by atoms with van der Waals surface area (Å²) in [6.07, 6.45) is 0. The highest BCUT2D eigenvalue weighted by Crippen LogP contribution is 2.35. The molecule has 3 aromatic rings. The minimum Gasteiger partial charge on any atom is -0.369 e. The van der Waals surface area contributed by atoms with E-state index in [1.54, 1.807) is 0 Å². The van der Waals surface area contributed by atoms with Crippen molar-refractivity contribution >= 4 is 39.2 Å². The highest BCUT2D eigenvalue weighted by Gasteiger charge is 2.28. The molecule has 0 saturated heterocycles. The van der Waals surface area contributed by atoms with Crippen LogP contribution in [0.25, 0.3) is 0 Å². The lowest BCUT2D eigenvalue weighted by molar-refractivity contribution is 1.29. The Morgan fingerprint density at radius 3 is 0.893 bits per heavy atom. The molecule has 0 amide bonds. The first kappa shape index (κ1) is 20.4. The van der Waals surface area contributed by atoms with Crippen LogP contribution in [0.1, 0.15) is 0 Å². The third-order valence-electron chi connectivity index (χ3n) is 4.74. The third-order valence-corrected chi connectivity index (χ3v) is 8.45. The van der Waals surface area contributed by atoms with Gasteiger partial charge in [-0.05, 0) is 48.5 Å². The fraction of sp³-hybridized carbons (Fsp3) is 0.250. The topological polar surface area (TPSA) is 6.48 Å². The lowest BCUT2D eigenvalue weighted by Crippen LogP contribution is -2.43. The summed E-state index contributed by atoms with van der Waals surface area (Å²) >= 11 is 0. The molecule has 0 aliphatic rings. The van der Waals surface area contributed by atoms with Gasteiger partial charge in [0.05, 0.1) is 0 Å². The van der Waals surface area contributed by atoms with E-state index in [0.29, 0.717) is 0 Å². The zero-order chi connectivity index (χ0) is 20.4. The molecule has 0 aliphatic heterocycles. The second-order valence-electron chi connectivity index (χ2n) is 9.20. The summed E-state index contributed by atoms with van der Waals surface area (Å²) in [5.41, 5.74) is 5.11. The van der Waals surface area contributed by atoms with E-state index in [2.05, 4.69) is 133 Å². The van der Waals surface area contributed by atoms with Gasteiger partial charge in [0.25, 0.3) is 0 Å². The molecule has 0 saturated carbocycles. The molecule has 0 atom stereocenters. The molecule has 0 unspecified atom stereocenters. The van der Waals surface area contributed by atoms with Crippen LogP contribution in [0.3, 0.4) is 0 Å². The predicted molar refractivity (Wildman–Crippen MR) is 130 cm³/mol. The molecule has 3 aromatic carbocycles. The van der Waals surface area contributed by atoms with Gasteiger partial charge in [-0.15, -0.1) is 0 Å². The predicted octanol–water partition coefficient (Wildman–Crippen LogP) is 7.63. The van der Waals surface area contributed by atoms with E-state index in [0.717, 1.165) is 0 Å². The molecule has 3 rings (SSSR count). The number of para-hydroxylation sites is 2. The smallest absolute Gasteiger partial charge is 0.153 e. The summed E-state index contributed by atoms with van der Waals surface area (Å²) in [6.45, 7) is 14.4. The molecule has 0 heterocycles. The summed E-state index contributed by atoms with van der Waals surface area (Å²) in [4.78, 5) is 0. The van der Waals surface area contributed by atoms with Gasteiger partial charge in [-0.2, -0.15) is 0 Å². The molecular formula is C24H32N2Si2. The van der Waals surface area contributed by atoms with Crippen molar-refractivity contribution < 1.29 is 0 Å². The summed E-state index contributed by atoms with van der Waals surface area (Å²) in [5, 5.41) is 0. The fourth-order valence-corrected chi connectivity index (χ4v) is 7.45. The van der Waals surface area contributed by atoms with E-state index in [4.69, 9.17) is 0 Å². The SMILES string of the molecule is C[Si](C)(C)N(c1ccccc1)c1ccc(N(c2ccccc2)[Si](C)(C)C)cc1. The van der Waals surface area contributed by atoms with E-state index >= 15 is 0 Å². The number of benzene rings is 3. The Morgan fingerprint density at radius 1 is 0.393 bits per heavy atom. The molecule has 0 radical (unpaired) electrons. The molecular weight excluding hydrogens is 372 g/mol. The maximum absolute atomic E-state index is 2.54. The quantitative estimate of drug-likeness (QED) is 0.390. The van der Waals surface area contributed by atoms with Crippen LogP contribution >= 0.6 is 0 Å². The molecule has 0 spiro atoms. The summed E-state index contributed by atoms with van der Waals surface area (Å²) in [6, 6.07) is 30.7. The van der Waals surface area contributed by atoms with Gasteiger partial charge in [-0.1, -0.05) is 75.7 Å². The van der Waals surface area contributed by atoms with Crippen molar-refractivity contribution in [3.63, 3.8) is 0 Å². The van der Waals surface area contributed by atoms with Gasteiger partial charge in [0.1, 0.15) is 0 Å². The van der Waals surface area contributed by atoms with Crippen molar-refractivity contribution in [1.29, 1.82) is 0 Å². The third kappa shape index (κ3) is 4.57. The minimum atomic E-state index is -1.59. The Morgan fingerprint density at radius 2 is 0.643 bits per heavy atom. The molecule has 0 N–H and O–H groups in total. The minimum absolute atomic E-state index is 1.28. The Labute approximate surface area is 172 Å². The highest BCUT2D eigenvalue weighted by atomic mass is 28.3. The van der Waals surface area contributed by atoms with Crippen molar-refractivity contribution in [1.82, 2.24) is 0 Å². The highest BCUT2D eigenvalue weighted by molar-refractivity contribution is 6.81. The van der Waals surface area contributed by atoms with E-state index in [-0.39, 0.29) is 0 Å². The van der Waals surface area contributed by atoms with Crippen LogP contribution in [0.2, 0.25) is 39.3 Å². The van der Waals surface area contributed by atoms with E-state index in [9.17, 15) is 0 Å². The molecule has 0 fully saturated rings. The zero-order valence-corrected chi connectivity index (χ0v) is 20.0. The lowest BCUT2D eigenvalue weighted by Gasteiger charge is -2.38. The lowest BCUT2D eigenvalue weighted by atomic mass is 10.2. The fourth-order valence-electron chi connectivity index (χ4n) is 3.75. The van der Waals surface area contributed by atoms with Crippen molar-refractivity contribution in [2.24, 2.45) is 0 Å². The molecule has 0 aliphatic carbocycles. The number of hydrogen-bond acceptors (Lipinski definition) is 2. The van der Waals surface area contributed by atoms with Gasteiger partial charge in [0.2, 0.25) is 0 Å². The largest absolute Gasteiger partial charge is 0.369 e. The van der Waals surface area contributed by atoms with Crippen LogP contribution in [0.15, 0.2) is 84.9 Å². The summed E-state index contributed by atoms with van der Waals surface area (Å²) < 4.78 is 5.08. The Hall–Kier alpha value is -2.31. The van der Waals surface area contributed by atoms with E-state index < -0.39 is 16.5 Å². The van der Waals surface area contributed by atoms with Crippen molar-refractivity contribution in [3.8, 4) is 0 Å². The maximum Gasteiger partial charge on any atom is 0.153 e. The van der Waals surface area contributed by atoms with Crippen LogP contribution in [0.4, 0.5) is 22.7 Å². The van der Waals surface area contributed by atoms with Gasteiger partial charge >= 0.3 is 0 Å². The first-order valence-corrected chi connectivity index (χ1v) is 16.9. The number of nitrogens with zero attached hydrogens (tertiary/aromatic N) is 2. The normalized spacial score (nSPS) is 11.9. The Bertz CT molecular complexity index is 803. The number of hydrogen-bond donors (Lipinski definition) is 0. The van der Waals surface area contributed by atoms with Crippen LogP contribution in [0.5, 0.6) is 0 Å². The Balaban J connectivity index is 2.01. The Kier molecular flexibility index (Phi) is 5.82. The second kappa shape index (κ2) is 7.97. The maximum atomic E-state index is 2.54. The van der Waals surface area contributed by atoms with Crippen molar-refractivity contribution in [2.45, 2.75) is 39.3 Å². The molecule has 4 heteroatoms. The summed E-state index contributed by atoms with van der Waals surface area (Å²) in [5.74, 6) is 0. The molecule has 2 nitrogen and oxygen atoms in total. The monoisotopic (exact) mass is 404 g/mol. The average molecular weight is 405 g/mol. The molecule has 28 heavy (non-hydrogen) atoms. The van der Waals surface area contributed by atoms with Crippen LogP contribution in [-0.2, 0) is 0 Å². The van der Waals surface area contributed by atoms with Crippen LogP contribution in [0, 0.1) is 0 Å². The van der Waals surface area contributed by atoms with Crippen molar-refractivity contribution in [2.75, 3.05) is 9.13 Å². The van der Waals surface area contributed by atoms with Crippen LogP contribution < -0.4 is 9.13 Å². The first-order chi connectivity index (χ1) is 13.2. The van der Waals surface area contributed by atoms with Gasteiger partial charge in [0.15, 0.2) is 16.5 Å². The van der Waals surface area contributed by atoms with E-state index in [1.807, 2.05) is 0 Å². The number of rotatable bonds is 6. The van der Waals surface area contributed by atoms with E-state index in [1.165, 1.54) is 22.7 Å². The van der Waals surface area contributed by atoms with Gasteiger partial charge in [-0.25, -0.2) is 0 Å². The standard InChI is InChI=1S/C24H32N2Si2/c1-27(2,3)25(21-13-9-7-10-14-21)23-17-19-24(20-18-23)26(28(4,5)6)22-15-11-8-12-16-22/h7-20H,1-6H3. The van der Waals surface area contributed by atoms with Gasteiger partial charge < -0.3 is 9.13 Å². The van der Waals surface area contributed by atoms with Crippen LogP contribution in [-0.4, -0.2) is 16.5 Å². The second-order valence-corrected chi connectivity index (χ2v) is 18.8. The molecule has 0 aromatic heterocycles. The van der Waals surface area contributed by atoms with Crippen molar-refractivity contribution in [3.05, 3.63) is 84.9 Å². The first-order valence-electron chi connectivity index (χ1n) is 9.98. The van der Waals surface area contributed by atoms with Gasteiger partial charge in [-0.3, -0.25) is 0 Å². The molecule has 0 bridgehead atoms. The molecule has 146 valence electrons. The average Bonchev–Trinajstić information content (AvgIpc) is 2.63.